The van der Waals surface area contributed by atoms with E-state index >= 15 is 0 Å². The SMILES string of the molecule is COc1cc(CC(C)N)cc(Br)c1OCC(F)(F)F. The van der Waals surface area contributed by atoms with E-state index in [-0.39, 0.29) is 17.5 Å². The minimum Gasteiger partial charge on any atom is -0.493 e. The predicted octanol–water partition coefficient (Wildman–Crippen LogP) is 3.29. The van der Waals surface area contributed by atoms with Gasteiger partial charge in [0.25, 0.3) is 0 Å². The van der Waals surface area contributed by atoms with Gasteiger partial charge >= 0.3 is 6.18 Å². The van der Waals surface area contributed by atoms with E-state index in [0.717, 1.165) is 5.56 Å². The number of alkyl halides is 3. The molecule has 0 aliphatic carbocycles. The molecule has 2 N–H and O–H groups in total. The molecule has 0 amide bonds. The molecular formula is C12H15BrF3NO2. The van der Waals surface area contributed by atoms with Crippen molar-refractivity contribution in [3.05, 3.63) is 22.2 Å². The fraction of sp³-hybridized carbons (Fsp3) is 0.500. The van der Waals surface area contributed by atoms with Crippen LogP contribution in [-0.2, 0) is 6.42 Å². The first-order valence-electron chi connectivity index (χ1n) is 5.54. The molecule has 19 heavy (non-hydrogen) atoms. The summed E-state index contributed by atoms with van der Waals surface area (Å²) >= 11 is 3.18. The third kappa shape index (κ3) is 5.28. The largest absolute Gasteiger partial charge is 0.493 e. The number of methoxy groups -OCH3 is 1. The summed E-state index contributed by atoms with van der Waals surface area (Å²) in [6.07, 6.45) is -3.80. The zero-order chi connectivity index (χ0) is 14.6. The van der Waals surface area contributed by atoms with E-state index in [1.54, 1.807) is 12.1 Å². The third-order valence-corrected chi connectivity index (χ3v) is 2.82. The maximum atomic E-state index is 12.2. The highest BCUT2D eigenvalue weighted by Crippen LogP contribution is 2.37. The molecule has 7 heteroatoms. The van der Waals surface area contributed by atoms with Crippen molar-refractivity contribution in [1.29, 1.82) is 0 Å². The molecule has 0 saturated heterocycles. The van der Waals surface area contributed by atoms with Crippen molar-refractivity contribution in [3.8, 4) is 11.5 Å². The first-order valence-corrected chi connectivity index (χ1v) is 6.33. The van der Waals surface area contributed by atoms with Gasteiger partial charge in [-0.1, -0.05) is 0 Å². The minimum absolute atomic E-state index is 0.0354. The van der Waals surface area contributed by atoms with Crippen molar-refractivity contribution in [3.63, 3.8) is 0 Å². The lowest BCUT2D eigenvalue weighted by Gasteiger charge is -2.16. The number of ether oxygens (including phenoxy) is 2. The Morgan fingerprint density at radius 1 is 1.37 bits per heavy atom. The van der Waals surface area contributed by atoms with E-state index in [1.165, 1.54) is 7.11 Å². The van der Waals surface area contributed by atoms with Crippen LogP contribution < -0.4 is 15.2 Å². The van der Waals surface area contributed by atoms with Crippen LogP contribution in [0.2, 0.25) is 0 Å². The quantitative estimate of drug-likeness (QED) is 0.893. The van der Waals surface area contributed by atoms with E-state index in [2.05, 4.69) is 15.9 Å². The Hall–Kier alpha value is -0.950. The Labute approximate surface area is 118 Å². The van der Waals surface area contributed by atoms with E-state index in [9.17, 15) is 13.2 Å². The number of halogens is 4. The predicted molar refractivity (Wildman–Crippen MR) is 69.6 cm³/mol. The normalized spacial score (nSPS) is 13.2. The molecule has 1 rings (SSSR count). The van der Waals surface area contributed by atoms with Crippen LogP contribution in [0.3, 0.4) is 0 Å². The van der Waals surface area contributed by atoms with E-state index in [4.69, 9.17) is 15.2 Å². The average Bonchev–Trinajstić information content (AvgIpc) is 2.24. The third-order valence-electron chi connectivity index (χ3n) is 2.23. The molecule has 1 unspecified atom stereocenters. The van der Waals surface area contributed by atoms with Gasteiger partial charge in [0.1, 0.15) is 0 Å². The summed E-state index contributed by atoms with van der Waals surface area (Å²) in [4.78, 5) is 0. The molecule has 0 aromatic heterocycles. The number of nitrogens with two attached hydrogens (primary N) is 1. The molecule has 0 saturated carbocycles. The zero-order valence-electron chi connectivity index (χ0n) is 10.6. The molecule has 0 aliphatic rings. The topological polar surface area (TPSA) is 44.5 Å². The molecule has 0 radical (unpaired) electrons. The van der Waals surface area contributed by atoms with Crippen LogP contribution in [0.4, 0.5) is 13.2 Å². The summed E-state index contributed by atoms with van der Waals surface area (Å²) in [6, 6.07) is 3.25. The van der Waals surface area contributed by atoms with Gasteiger partial charge < -0.3 is 15.2 Å². The van der Waals surface area contributed by atoms with Crippen molar-refractivity contribution in [1.82, 2.24) is 0 Å². The highest BCUT2D eigenvalue weighted by molar-refractivity contribution is 9.10. The Bertz CT molecular complexity index is 436. The lowest BCUT2D eigenvalue weighted by molar-refractivity contribution is -0.153. The van der Waals surface area contributed by atoms with E-state index in [1.807, 2.05) is 6.92 Å². The maximum Gasteiger partial charge on any atom is 0.422 e. The fourth-order valence-electron chi connectivity index (χ4n) is 1.56. The van der Waals surface area contributed by atoms with Crippen LogP contribution in [0.5, 0.6) is 11.5 Å². The second-order valence-electron chi connectivity index (χ2n) is 4.19. The van der Waals surface area contributed by atoms with Gasteiger partial charge in [-0.15, -0.1) is 0 Å². The van der Waals surface area contributed by atoms with Crippen LogP contribution in [-0.4, -0.2) is 25.9 Å². The second-order valence-corrected chi connectivity index (χ2v) is 5.05. The Kier molecular flexibility index (Phi) is 5.49. The second kappa shape index (κ2) is 6.47. The number of hydrogen-bond donors (Lipinski definition) is 1. The fourth-order valence-corrected chi connectivity index (χ4v) is 2.16. The standard InChI is InChI=1S/C12H15BrF3NO2/c1-7(17)3-8-4-9(13)11(10(5-8)18-2)19-6-12(14,15)16/h4-5,7H,3,6,17H2,1-2H3. The molecule has 0 heterocycles. The van der Waals surface area contributed by atoms with Crippen molar-refractivity contribution in [2.24, 2.45) is 5.73 Å². The molecule has 0 spiro atoms. The lowest BCUT2D eigenvalue weighted by atomic mass is 10.1. The van der Waals surface area contributed by atoms with Gasteiger partial charge in [-0.3, -0.25) is 0 Å². The maximum absolute atomic E-state index is 12.2. The molecule has 1 aromatic rings. The van der Waals surface area contributed by atoms with Crippen LogP contribution >= 0.6 is 15.9 Å². The molecular weight excluding hydrogens is 327 g/mol. The summed E-state index contributed by atoms with van der Waals surface area (Å²) in [6.45, 7) is 0.475. The first-order chi connectivity index (χ1) is 8.73. The molecule has 0 fully saturated rings. The Morgan fingerprint density at radius 3 is 2.47 bits per heavy atom. The van der Waals surface area contributed by atoms with E-state index < -0.39 is 12.8 Å². The van der Waals surface area contributed by atoms with Crippen LogP contribution in [0, 0.1) is 0 Å². The lowest BCUT2D eigenvalue weighted by Crippen LogP contribution is -2.20. The van der Waals surface area contributed by atoms with Gasteiger partial charge in [0, 0.05) is 6.04 Å². The summed E-state index contributed by atoms with van der Waals surface area (Å²) in [5, 5.41) is 0. The van der Waals surface area contributed by atoms with Gasteiger partial charge in [0.2, 0.25) is 0 Å². The van der Waals surface area contributed by atoms with Crippen molar-refractivity contribution < 1.29 is 22.6 Å². The smallest absolute Gasteiger partial charge is 0.422 e. The van der Waals surface area contributed by atoms with Gasteiger partial charge in [0.05, 0.1) is 11.6 Å². The minimum atomic E-state index is -4.39. The van der Waals surface area contributed by atoms with Gasteiger partial charge in [-0.05, 0) is 47.0 Å². The molecule has 1 aromatic carbocycles. The Balaban J connectivity index is 2.98. The van der Waals surface area contributed by atoms with E-state index in [0.29, 0.717) is 10.9 Å². The number of hydrogen-bond acceptors (Lipinski definition) is 3. The summed E-state index contributed by atoms with van der Waals surface area (Å²) in [5.41, 5.74) is 6.54. The Morgan fingerprint density at radius 2 is 2.00 bits per heavy atom. The number of benzene rings is 1. The van der Waals surface area contributed by atoms with Gasteiger partial charge in [0.15, 0.2) is 18.1 Å². The number of rotatable bonds is 5. The summed E-state index contributed by atoms with van der Waals surface area (Å²) in [5.74, 6) is 0.280. The average molecular weight is 342 g/mol. The monoisotopic (exact) mass is 341 g/mol. The molecule has 0 aliphatic heterocycles. The highest BCUT2D eigenvalue weighted by Gasteiger charge is 2.29. The van der Waals surface area contributed by atoms with Crippen molar-refractivity contribution in [2.75, 3.05) is 13.7 Å². The van der Waals surface area contributed by atoms with Gasteiger partial charge in [-0.2, -0.15) is 13.2 Å². The van der Waals surface area contributed by atoms with Crippen LogP contribution in [0.1, 0.15) is 12.5 Å². The molecule has 0 bridgehead atoms. The van der Waals surface area contributed by atoms with Crippen molar-refractivity contribution in [2.45, 2.75) is 25.6 Å². The summed E-state index contributed by atoms with van der Waals surface area (Å²) < 4.78 is 46.7. The molecule has 108 valence electrons. The van der Waals surface area contributed by atoms with Gasteiger partial charge in [-0.25, -0.2) is 0 Å². The zero-order valence-corrected chi connectivity index (χ0v) is 12.1. The molecule has 1 atom stereocenters. The van der Waals surface area contributed by atoms with Crippen LogP contribution in [0.25, 0.3) is 0 Å². The highest BCUT2D eigenvalue weighted by atomic mass is 79.9. The summed E-state index contributed by atoms with van der Waals surface area (Å²) in [7, 11) is 1.37. The first kappa shape index (κ1) is 16.1. The van der Waals surface area contributed by atoms with Crippen molar-refractivity contribution >= 4 is 15.9 Å². The van der Waals surface area contributed by atoms with Crippen LogP contribution in [0.15, 0.2) is 16.6 Å². The molecule has 3 nitrogen and oxygen atoms in total.